The quantitative estimate of drug-likeness (QED) is 0.209. The molecule has 0 saturated carbocycles. The van der Waals surface area contributed by atoms with E-state index in [-0.39, 0.29) is 34.2 Å². The molecule has 3 N–H and O–H groups in total. The standard InChI is InChI=1S/C33H32ClFN8O5/c34-25-6-7-26(43-19-38-40-41-43)24(30(25)35)5-9-29(44)42-16-12-22-23(2-1-3-27(22)48-17-13-20-10-14-36-15-11-20)31(42)32(45)39-28-8-4-21(18-37-28)33(46)47/h1-9,18-20,31,36H,10-17H2,(H,46,47)(H,37,39,45)/b9-5+/t31-/m1/s1. The molecule has 2 amide bonds. The van der Waals surface area contributed by atoms with Crippen LogP contribution in [0.3, 0.4) is 0 Å². The number of pyridine rings is 1. The Morgan fingerprint density at radius 1 is 1.15 bits per heavy atom. The molecule has 13 nitrogen and oxygen atoms in total. The summed E-state index contributed by atoms with van der Waals surface area (Å²) in [5, 5.41) is 26.2. The highest BCUT2D eigenvalue weighted by atomic mass is 35.5. The van der Waals surface area contributed by atoms with Gasteiger partial charge >= 0.3 is 5.97 Å². The van der Waals surface area contributed by atoms with E-state index >= 15 is 4.39 Å². The fourth-order valence-electron chi connectivity index (χ4n) is 6.02. The Kier molecular flexibility index (Phi) is 10.0. The van der Waals surface area contributed by atoms with Gasteiger partial charge in [0.1, 0.15) is 23.9 Å². The largest absolute Gasteiger partial charge is 0.493 e. The van der Waals surface area contributed by atoms with Gasteiger partial charge in [-0.15, -0.1) is 5.10 Å². The minimum atomic E-state index is -1.16. The number of nitrogens with zero attached hydrogens (tertiary/aromatic N) is 6. The number of nitrogens with one attached hydrogen (secondary N) is 2. The van der Waals surface area contributed by atoms with Gasteiger partial charge in [0.05, 0.1) is 22.9 Å². The zero-order valence-electron chi connectivity index (χ0n) is 25.7. The molecule has 4 heterocycles. The number of fused-ring (bicyclic) bond motifs is 1. The lowest BCUT2D eigenvalue weighted by atomic mass is 9.90. The van der Waals surface area contributed by atoms with Crippen LogP contribution in [0.25, 0.3) is 11.8 Å². The number of aromatic nitrogens is 5. The molecule has 1 fully saturated rings. The van der Waals surface area contributed by atoms with Gasteiger partial charge < -0.3 is 25.4 Å². The lowest BCUT2D eigenvalue weighted by Crippen LogP contribution is -2.45. The molecule has 0 spiro atoms. The third-order valence-corrected chi connectivity index (χ3v) is 8.80. The number of amides is 2. The van der Waals surface area contributed by atoms with Crippen LogP contribution in [-0.4, -0.2) is 79.2 Å². The van der Waals surface area contributed by atoms with Crippen LogP contribution in [0.5, 0.6) is 5.75 Å². The second-order valence-electron chi connectivity index (χ2n) is 11.4. The molecular weight excluding hydrogens is 643 g/mol. The summed E-state index contributed by atoms with van der Waals surface area (Å²) >= 11 is 6.06. The minimum Gasteiger partial charge on any atom is -0.493 e. The van der Waals surface area contributed by atoms with Gasteiger partial charge in [-0.3, -0.25) is 9.59 Å². The predicted octanol–water partition coefficient (Wildman–Crippen LogP) is 4.09. The van der Waals surface area contributed by atoms with Crippen LogP contribution in [0.4, 0.5) is 10.2 Å². The van der Waals surface area contributed by atoms with E-state index in [9.17, 15) is 19.5 Å². The van der Waals surface area contributed by atoms with Crippen LogP contribution in [0.1, 0.15) is 52.4 Å². The van der Waals surface area contributed by atoms with E-state index in [0.717, 1.165) is 44.1 Å². The van der Waals surface area contributed by atoms with E-state index < -0.39 is 29.6 Å². The molecule has 2 aromatic carbocycles. The first kappa shape index (κ1) is 32.7. The first-order valence-electron chi connectivity index (χ1n) is 15.5. The number of carbonyl (C=O) groups is 3. The summed E-state index contributed by atoms with van der Waals surface area (Å²) in [4.78, 5) is 44.5. The van der Waals surface area contributed by atoms with Gasteiger partial charge in [0.15, 0.2) is 5.82 Å². The number of hydrogen-bond acceptors (Lipinski definition) is 9. The summed E-state index contributed by atoms with van der Waals surface area (Å²) in [6, 6.07) is 9.89. The SMILES string of the molecule is O=C(O)c1ccc(NC(=O)[C@H]2c3cccc(OCCC4CCNCC4)c3CCN2C(=O)/C=C/c2c(-n3cnnn3)ccc(Cl)c2F)nc1. The third kappa shape index (κ3) is 7.19. The zero-order valence-corrected chi connectivity index (χ0v) is 26.4. The Hall–Kier alpha value is -5.21. The van der Waals surface area contributed by atoms with Gasteiger partial charge in [-0.25, -0.2) is 14.2 Å². The van der Waals surface area contributed by atoms with Crippen molar-refractivity contribution in [1.82, 2.24) is 35.4 Å². The molecule has 6 rings (SSSR count). The fraction of sp³-hybridized carbons (Fsp3) is 0.303. The normalized spacial score (nSPS) is 16.5. The molecule has 2 aromatic heterocycles. The highest BCUT2D eigenvalue weighted by molar-refractivity contribution is 6.31. The number of halogens is 2. The van der Waals surface area contributed by atoms with E-state index in [0.29, 0.717) is 30.3 Å². The van der Waals surface area contributed by atoms with Crippen molar-refractivity contribution < 1.29 is 28.6 Å². The van der Waals surface area contributed by atoms with E-state index in [1.54, 1.807) is 12.1 Å². The summed E-state index contributed by atoms with van der Waals surface area (Å²) in [6.45, 7) is 2.68. The lowest BCUT2D eigenvalue weighted by molar-refractivity contribution is -0.135. The number of hydrogen-bond donors (Lipinski definition) is 3. The van der Waals surface area contributed by atoms with E-state index in [4.69, 9.17) is 16.3 Å². The van der Waals surface area contributed by atoms with Gasteiger partial charge in [0, 0.05) is 29.9 Å². The number of carbonyl (C=O) groups excluding carboxylic acids is 2. The van der Waals surface area contributed by atoms with Crippen molar-refractivity contribution in [3.8, 4) is 11.4 Å². The molecule has 0 bridgehead atoms. The van der Waals surface area contributed by atoms with Crippen molar-refractivity contribution in [2.24, 2.45) is 5.92 Å². The molecule has 4 aromatic rings. The first-order valence-corrected chi connectivity index (χ1v) is 15.8. The number of piperidine rings is 1. The monoisotopic (exact) mass is 674 g/mol. The molecule has 0 aliphatic carbocycles. The average Bonchev–Trinajstić information content (AvgIpc) is 3.64. The molecule has 1 saturated heterocycles. The number of carboxylic acid groups (broad SMARTS) is 1. The molecule has 0 unspecified atom stereocenters. The second-order valence-corrected chi connectivity index (χ2v) is 11.9. The number of benzene rings is 2. The predicted molar refractivity (Wildman–Crippen MR) is 173 cm³/mol. The van der Waals surface area contributed by atoms with Gasteiger partial charge in [0.2, 0.25) is 5.91 Å². The minimum absolute atomic E-state index is 0.0197. The molecule has 2 aliphatic heterocycles. The maximum Gasteiger partial charge on any atom is 0.337 e. The average molecular weight is 675 g/mol. The van der Waals surface area contributed by atoms with E-state index in [2.05, 4.69) is 31.1 Å². The van der Waals surface area contributed by atoms with Gasteiger partial charge in [0.25, 0.3) is 5.91 Å². The Morgan fingerprint density at radius 2 is 1.98 bits per heavy atom. The first-order chi connectivity index (χ1) is 23.3. The highest BCUT2D eigenvalue weighted by Crippen LogP contribution is 2.37. The molecular formula is C33H32ClFN8O5. The Labute approximate surface area is 279 Å². The summed E-state index contributed by atoms with van der Waals surface area (Å²) in [5.74, 6) is -1.71. The van der Waals surface area contributed by atoms with Crippen LogP contribution in [0, 0.1) is 11.7 Å². The number of aromatic carboxylic acids is 1. The summed E-state index contributed by atoms with van der Waals surface area (Å²) < 4.78 is 22.7. The maximum absolute atomic E-state index is 15.2. The van der Waals surface area contributed by atoms with E-state index in [1.807, 2.05) is 6.07 Å². The van der Waals surface area contributed by atoms with Gasteiger partial charge in [-0.1, -0.05) is 23.7 Å². The number of ether oxygens (including phenoxy) is 1. The summed E-state index contributed by atoms with van der Waals surface area (Å²) in [7, 11) is 0. The van der Waals surface area contributed by atoms with Crippen LogP contribution in [0.15, 0.2) is 61.1 Å². The van der Waals surface area contributed by atoms with Crippen LogP contribution in [0.2, 0.25) is 5.02 Å². The Morgan fingerprint density at radius 3 is 2.71 bits per heavy atom. The Bertz CT molecular complexity index is 1830. The molecule has 1 atom stereocenters. The molecule has 48 heavy (non-hydrogen) atoms. The molecule has 0 radical (unpaired) electrons. The molecule has 15 heteroatoms. The number of carboxylic acids is 1. The van der Waals surface area contributed by atoms with Crippen LogP contribution < -0.4 is 15.4 Å². The van der Waals surface area contributed by atoms with Crippen molar-refractivity contribution in [2.75, 3.05) is 31.6 Å². The van der Waals surface area contributed by atoms with Crippen LogP contribution >= 0.6 is 11.6 Å². The van der Waals surface area contributed by atoms with Gasteiger partial charge in [-0.2, -0.15) is 4.68 Å². The smallest absolute Gasteiger partial charge is 0.337 e. The van der Waals surface area contributed by atoms with Crippen molar-refractivity contribution >= 4 is 41.3 Å². The zero-order chi connectivity index (χ0) is 33.6. The summed E-state index contributed by atoms with van der Waals surface area (Å²) in [6.07, 6.45) is 8.39. The van der Waals surface area contributed by atoms with Crippen molar-refractivity contribution in [3.63, 3.8) is 0 Å². The lowest BCUT2D eigenvalue weighted by Gasteiger charge is -2.36. The highest BCUT2D eigenvalue weighted by Gasteiger charge is 2.37. The number of tetrazole rings is 1. The van der Waals surface area contributed by atoms with E-state index in [1.165, 1.54) is 52.3 Å². The van der Waals surface area contributed by atoms with Gasteiger partial charge in [-0.05, 0) is 97.1 Å². The number of rotatable bonds is 10. The topological polar surface area (TPSA) is 164 Å². The van der Waals surface area contributed by atoms with Crippen molar-refractivity contribution in [2.45, 2.75) is 31.7 Å². The number of anilines is 1. The third-order valence-electron chi connectivity index (χ3n) is 8.51. The second kappa shape index (κ2) is 14.7. The Balaban J connectivity index is 1.29. The maximum atomic E-state index is 15.2. The fourth-order valence-corrected chi connectivity index (χ4v) is 6.19. The van der Waals surface area contributed by atoms with Crippen molar-refractivity contribution in [3.05, 3.63) is 94.2 Å². The molecule has 2 aliphatic rings. The van der Waals surface area contributed by atoms with Crippen molar-refractivity contribution in [1.29, 1.82) is 0 Å². The van der Waals surface area contributed by atoms with Crippen LogP contribution in [-0.2, 0) is 16.0 Å². The summed E-state index contributed by atoms with van der Waals surface area (Å²) in [5.41, 5.74) is 1.58. The molecule has 248 valence electrons.